The largest absolute Gasteiger partial charge is 0.449 e. The number of ether oxygens (including phenoxy) is 1. The highest BCUT2D eigenvalue weighted by atomic mass is 16.5. The van der Waals surface area contributed by atoms with E-state index in [9.17, 15) is 19.2 Å². The van der Waals surface area contributed by atoms with Crippen molar-refractivity contribution >= 4 is 28.8 Å². The Hall–Kier alpha value is -3.16. The van der Waals surface area contributed by atoms with Gasteiger partial charge in [-0.1, -0.05) is 37.5 Å². The quantitative estimate of drug-likeness (QED) is 0.698. The van der Waals surface area contributed by atoms with Crippen LogP contribution in [0.1, 0.15) is 49.4 Å². The van der Waals surface area contributed by atoms with E-state index in [1.165, 1.54) is 6.92 Å². The molecule has 148 valence electrons. The van der Waals surface area contributed by atoms with Gasteiger partial charge in [-0.3, -0.25) is 14.9 Å². The number of esters is 1. The Morgan fingerprint density at radius 1 is 1.14 bits per heavy atom. The van der Waals surface area contributed by atoms with Crippen molar-refractivity contribution in [1.82, 2.24) is 15.6 Å². The number of hydrogen-bond donors (Lipinski definition) is 3. The van der Waals surface area contributed by atoms with Gasteiger partial charge in [0.1, 0.15) is 0 Å². The molecule has 3 N–H and O–H groups in total. The SMILES string of the molecule is C[C@@H](OC(=O)c1cc(=O)[nH]c2ccccc12)C(=O)NC(=O)NC1CCCCC1. The van der Waals surface area contributed by atoms with Crippen molar-refractivity contribution in [1.29, 1.82) is 0 Å². The fraction of sp³-hybridized carbons (Fsp3) is 0.400. The number of fused-ring (bicyclic) bond motifs is 1. The van der Waals surface area contributed by atoms with Gasteiger partial charge in [0.15, 0.2) is 6.10 Å². The summed E-state index contributed by atoms with van der Waals surface area (Å²) in [5.41, 5.74) is 0.103. The van der Waals surface area contributed by atoms with Gasteiger partial charge in [-0.25, -0.2) is 9.59 Å². The number of aromatic amines is 1. The normalized spacial score (nSPS) is 15.6. The molecule has 0 unspecified atom stereocenters. The number of urea groups is 1. The molecule has 2 aromatic rings. The van der Waals surface area contributed by atoms with Gasteiger partial charge < -0.3 is 15.0 Å². The summed E-state index contributed by atoms with van der Waals surface area (Å²) in [7, 11) is 0. The van der Waals surface area contributed by atoms with Crippen molar-refractivity contribution in [2.24, 2.45) is 0 Å². The van der Waals surface area contributed by atoms with Gasteiger partial charge in [-0.2, -0.15) is 0 Å². The topological polar surface area (TPSA) is 117 Å². The van der Waals surface area contributed by atoms with Crippen LogP contribution in [-0.2, 0) is 9.53 Å². The van der Waals surface area contributed by atoms with Crippen LogP contribution in [0.5, 0.6) is 0 Å². The number of rotatable bonds is 4. The van der Waals surface area contributed by atoms with E-state index in [2.05, 4.69) is 15.6 Å². The van der Waals surface area contributed by atoms with Crippen molar-refractivity contribution in [3.8, 4) is 0 Å². The zero-order valence-electron chi connectivity index (χ0n) is 15.6. The maximum absolute atomic E-state index is 12.5. The predicted octanol–water partition coefficient (Wildman–Crippen LogP) is 2.23. The molecule has 0 radical (unpaired) electrons. The summed E-state index contributed by atoms with van der Waals surface area (Å²) < 4.78 is 5.17. The molecule has 3 amide bonds. The highest BCUT2D eigenvalue weighted by Gasteiger charge is 2.23. The zero-order valence-corrected chi connectivity index (χ0v) is 15.6. The molecule has 3 rings (SSSR count). The molecule has 8 nitrogen and oxygen atoms in total. The van der Waals surface area contributed by atoms with Gasteiger partial charge >= 0.3 is 12.0 Å². The van der Waals surface area contributed by atoms with Gasteiger partial charge in [0, 0.05) is 23.0 Å². The van der Waals surface area contributed by atoms with E-state index in [-0.39, 0.29) is 11.6 Å². The Morgan fingerprint density at radius 3 is 2.61 bits per heavy atom. The fourth-order valence-electron chi connectivity index (χ4n) is 3.33. The number of amides is 3. The second kappa shape index (κ2) is 8.69. The van der Waals surface area contributed by atoms with Crippen LogP contribution >= 0.6 is 0 Å². The number of aromatic nitrogens is 1. The molecule has 0 bridgehead atoms. The number of carbonyl (C=O) groups excluding carboxylic acids is 3. The van der Waals surface area contributed by atoms with Crippen LogP contribution in [0.2, 0.25) is 0 Å². The van der Waals surface area contributed by atoms with Gasteiger partial charge in [0.2, 0.25) is 5.56 Å². The highest BCUT2D eigenvalue weighted by Crippen LogP contribution is 2.17. The monoisotopic (exact) mass is 385 g/mol. The lowest BCUT2D eigenvalue weighted by molar-refractivity contribution is -0.127. The Labute approximate surface area is 161 Å². The summed E-state index contributed by atoms with van der Waals surface area (Å²) in [6, 6.07) is 7.38. The van der Waals surface area contributed by atoms with Crippen LogP contribution < -0.4 is 16.2 Å². The first-order valence-electron chi connectivity index (χ1n) is 9.38. The zero-order chi connectivity index (χ0) is 20.1. The molecule has 1 fully saturated rings. The molecule has 1 atom stereocenters. The summed E-state index contributed by atoms with van der Waals surface area (Å²) in [6.45, 7) is 1.37. The van der Waals surface area contributed by atoms with Crippen molar-refractivity contribution in [2.45, 2.75) is 51.2 Å². The van der Waals surface area contributed by atoms with E-state index in [1.807, 2.05) is 0 Å². The molecule has 1 saturated carbocycles. The fourth-order valence-corrected chi connectivity index (χ4v) is 3.33. The maximum atomic E-state index is 12.5. The van der Waals surface area contributed by atoms with Gasteiger partial charge in [-0.15, -0.1) is 0 Å². The van der Waals surface area contributed by atoms with E-state index < -0.39 is 29.6 Å². The number of para-hydroxylation sites is 1. The van der Waals surface area contributed by atoms with E-state index in [1.54, 1.807) is 24.3 Å². The lowest BCUT2D eigenvalue weighted by Gasteiger charge is -2.23. The summed E-state index contributed by atoms with van der Waals surface area (Å²) in [6.07, 6.45) is 3.85. The average molecular weight is 385 g/mol. The molecule has 0 saturated heterocycles. The molecule has 1 heterocycles. The maximum Gasteiger partial charge on any atom is 0.339 e. The Kier molecular flexibility index (Phi) is 6.08. The predicted molar refractivity (Wildman–Crippen MR) is 103 cm³/mol. The van der Waals surface area contributed by atoms with Crippen LogP contribution in [0, 0.1) is 0 Å². The second-order valence-electron chi connectivity index (χ2n) is 6.94. The molecular formula is C20H23N3O5. The average Bonchev–Trinajstić information content (AvgIpc) is 2.67. The summed E-state index contributed by atoms with van der Waals surface area (Å²) in [5, 5.41) is 5.47. The number of hydrogen-bond acceptors (Lipinski definition) is 5. The molecule has 0 aliphatic heterocycles. The molecule has 28 heavy (non-hydrogen) atoms. The summed E-state index contributed by atoms with van der Waals surface area (Å²) >= 11 is 0. The van der Waals surface area contributed by atoms with Gasteiger partial charge in [-0.05, 0) is 25.8 Å². The highest BCUT2D eigenvalue weighted by molar-refractivity contribution is 6.04. The molecule has 1 aliphatic carbocycles. The van der Waals surface area contributed by atoms with Gasteiger partial charge in [0.05, 0.1) is 5.56 Å². The number of pyridine rings is 1. The number of H-pyrrole nitrogens is 1. The third-order valence-electron chi connectivity index (χ3n) is 4.80. The first-order valence-corrected chi connectivity index (χ1v) is 9.38. The smallest absolute Gasteiger partial charge is 0.339 e. The number of benzene rings is 1. The first-order chi connectivity index (χ1) is 13.4. The van der Waals surface area contributed by atoms with E-state index in [0.29, 0.717) is 10.9 Å². The van der Waals surface area contributed by atoms with Crippen molar-refractivity contribution in [2.75, 3.05) is 0 Å². The molecule has 0 spiro atoms. The lowest BCUT2D eigenvalue weighted by atomic mass is 9.96. The van der Waals surface area contributed by atoms with Crippen LogP contribution in [0.25, 0.3) is 10.9 Å². The molecule has 1 aromatic carbocycles. The Bertz CT molecular complexity index is 946. The third kappa shape index (κ3) is 4.76. The number of carbonyl (C=O) groups is 3. The van der Waals surface area contributed by atoms with E-state index in [0.717, 1.165) is 38.2 Å². The Morgan fingerprint density at radius 2 is 1.86 bits per heavy atom. The van der Waals surface area contributed by atoms with E-state index in [4.69, 9.17) is 4.74 Å². The van der Waals surface area contributed by atoms with Gasteiger partial charge in [0.25, 0.3) is 5.91 Å². The molecule has 1 aliphatic rings. The van der Waals surface area contributed by atoms with Crippen LogP contribution in [0.15, 0.2) is 35.1 Å². The summed E-state index contributed by atoms with van der Waals surface area (Å²) in [4.78, 5) is 51.0. The van der Waals surface area contributed by atoms with Crippen LogP contribution in [0.3, 0.4) is 0 Å². The minimum Gasteiger partial charge on any atom is -0.449 e. The summed E-state index contributed by atoms with van der Waals surface area (Å²) in [5.74, 6) is -1.53. The number of imide groups is 1. The molecule has 8 heteroatoms. The Balaban J connectivity index is 1.61. The minimum atomic E-state index is -1.19. The van der Waals surface area contributed by atoms with Crippen molar-refractivity contribution < 1.29 is 19.1 Å². The van der Waals surface area contributed by atoms with E-state index >= 15 is 0 Å². The molecule has 1 aromatic heterocycles. The minimum absolute atomic E-state index is 0.0572. The third-order valence-corrected chi connectivity index (χ3v) is 4.80. The van der Waals surface area contributed by atoms with Crippen LogP contribution in [0.4, 0.5) is 4.79 Å². The molecular weight excluding hydrogens is 362 g/mol. The lowest BCUT2D eigenvalue weighted by Crippen LogP contribution is -2.48. The van der Waals surface area contributed by atoms with Crippen LogP contribution in [-0.4, -0.2) is 35.0 Å². The van der Waals surface area contributed by atoms with Crippen molar-refractivity contribution in [3.05, 3.63) is 46.2 Å². The van der Waals surface area contributed by atoms with Crippen molar-refractivity contribution in [3.63, 3.8) is 0 Å². The standard InChI is InChI=1S/C20H23N3O5/c1-12(18(25)23-20(27)21-13-7-3-2-4-8-13)28-19(26)15-11-17(24)22-16-10-6-5-9-14(15)16/h5-6,9-13H,2-4,7-8H2,1H3,(H,22,24)(H2,21,23,25,27)/t12-/m1/s1. The second-order valence-corrected chi connectivity index (χ2v) is 6.94. The first kappa shape index (κ1) is 19.6. The number of nitrogens with one attached hydrogen (secondary N) is 3.